The van der Waals surface area contributed by atoms with Crippen LogP contribution in [0.2, 0.25) is 10.0 Å². The van der Waals surface area contributed by atoms with E-state index in [2.05, 4.69) is 4.74 Å². The van der Waals surface area contributed by atoms with Gasteiger partial charge in [-0.25, -0.2) is 0 Å². The number of halogens is 3. The summed E-state index contributed by atoms with van der Waals surface area (Å²) in [6, 6.07) is 5.19. The van der Waals surface area contributed by atoms with Gasteiger partial charge in [0, 0.05) is 16.0 Å². The highest BCUT2D eigenvalue weighted by Gasteiger charge is 2.55. The minimum Gasteiger partial charge on any atom is -0.469 e. The van der Waals surface area contributed by atoms with E-state index in [1.165, 1.54) is 7.11 Å². The van der Waals surface area contributed by atoms with Crippen LogP contribution >= 0.6 is 34.8 Å². The molecule has 1 aromatic carbocycles. The first-order chi connectivity index (χ1) is 7.54. The Balaban J connectivity index is 2.24. The fourth-order valence-corrected chi connectivity index (χ4v) is 2.87. The predicted octanol–water partition coefficient (Wildman–Crippen LogP) is 3.49. The second kappa shape index (κ2) is 4.44. The molecule has 2 rings (SSSR count). The molecule has 5 heteroatoms. The predicted molar refractivity (Wildman–Crippen MR) is 64.4 cm³/mol. The van der Waals surface area contributed by atoms with E-state index in [-0.39, 0.29) is 23.2 Å². The third-order valence-corrected chi connectivity index (χ3v) is 3.65. The highest BCUT2D eigenvalue weighted by molar-refractivity contribution is 6.34. The molecule has 0 saturated heterocycles. The Morgan fingerprint density at radius 1 is 1.25 bits per heavy atom. The van der Waals surface area contributed by atoms with Crippen LogP contribution in [0.15, 0.2) is 18.2 Å². The molecule has 1 aliphatic rings. The number of benzene rings is 1. The molecule has 0 spiro atoms. The molecule has 0 amide bonds. The first-order valence-corrected chi connectivity index (χ1v) is 5.91. The van der Waals surface area contributed by atoms with Crippen LogP contribution in [-0.2, 0) is 9.53 Å². The summed E-state index contributed by atoms with van der Waals surface area (Å²) in [6.07, 6.45) is 0. The number of carbonyl (C=O) groups excluding carboxylic acids is 1. The number of hydrogen-bond donors (Lipinski definition) is 0. The molecule has 2 nitrogen and oxygen atoms in total. The Bertz CT molecular complexity index is 413. The molecule has 1 aromatic rings. The van der Waals surface area contributed by atoms with Gasteiger partial charge in [-0.1, -0.05) is 23.2 Å². The summed E-state index contributed by atoms with van der Waals surface area (Å²) >= 11 is 17.8. The van der Waals surface area contributed by atoms with Crippen LogP contribution < -0.4 is 0 Å². The number of alkyl halides is 1. The Kier molecular flexibility index (Phi) is 3.34. The summed E-state index contributed by atoms with van der Waals surface area (Å²) in [5.74, 6) is -0.632. The Morgan fingerprint density at radius 3 is 2.31 bits per heavy atom. The van der Waals surface area contributed by atoms with Crippen LogP contribution in [0.3, 0.4) is 0 Å². The first-order valence-electron chi connectivity index (χ1n) is 4.72. The lowest BCUT2D eigenvalue weighted by Gasteiger charge is -2.01. The van der Waals surface area contributed by atoms with Crippen LogP contribution in [0.5, 0.6) is 0 Å². The number of hydrogen-bond acceptors (Lipinski definition) is 2. The van der Waals surface area contributed by atoms with Crippen LogP contribution in [0.25, 0.3) is 0 Å². The molecule has 3 unspecified atom stereocenters. The molecule has 0 aliphatic heterocycles. The Labute approximate surface area is 108 Å². The van der Waals surface area contributed by atoms with E-state index < -0.39 is 0 Å². The standard InChI is InChI=1S/C11H9Cl3O2/c1-16-11(15)9-8(10(9)14)5-2-6(12)4-7(13)3-5/h2-4,8-10H,1H3. The number of rotatable bonds is 2. The van der Waals surface area contributed by atoms with Crippen LogP contribution in [0.1, 0.15) is 11.5 Å². The maximum absolute atomic E-state index is 11.4. The van der Waals surface area contributed by atoms with E-state index in [0.29, 0.717) is 10.0 Å². The highest BCUT2D eigenvalue weighted by Crippen LogP contribution is 2.53. The first kappa shape index (κ1) is 12.0. The van der Waals surface area contributed by atoms with E-state index in [1.54, 1.807) is 18.2 Å². The van der Waals surface area contributed by atoms with Gasteiger partial charge in [0.25, 0.3) is 0 Å². The van der Waals surface area contributed by atoms with Crippen molar-refractivity contribution >= 4 is 40.8 Å². The van der Waals surface area contributed by atoms with Crippen molar-refractivity contribution in [2.75, 3.05) is 7.11 Å². The van der Waals surface area contributed by atoms with E-state index >= 15 is 0 Å². The van der Waals surface area contributed by atoms with Gasteiger partial charge in [-0.15, -0.1) is 11.6 Å². The molecule has 16 heavy (non-hydrogen) atoms. The molecule has 0 aromatic heterocycles. The normalized spacial score (nSPS) is 27.6. The summed E-state index contributed by atoms with van der Waals surface area (Å²) < 4.78 is 4.67. The van der Waals surface area contributed by atoms with E-state index in [1.807, 2.05) is 0 Å². The highest BCUT2D eigenvalue weighted by atomic mass is 35.5. The van der Waals surface area contributed by atoms with Crippen LogP contribution in [-0.4, -0.2) is 18.5 Å². The smallest absolute Gasteiger partial charge is 0.310 e. The molecule has 1 fully saturated rings. The average Bonchev–Trinajstić information content (AvgIpc) is 2.87. The van der Waals surface area contributed by atoms with Crippen molar-refractivity contribution in [2.45, 2.75) is 11.3 Å². The van der Waals surface area contributed by atoms with Gasteiger partial charge in [-0.2, -0.15) is 0 Å². The van der Waals surface area contributed by atoms with Gasteiger partial charge in [-0.05, 0) is 23.8 Å². The summed E-state index contributed by atoms with van der Waals surface area (Å²) in [4.78, 5) is 11.4. The van der Waals surface area contributed by atoms with Gasteiger partial charge in [0.2, 0.25) is 0 Å². The lowest BCUT2D eigenvalue weighted by molar-refractivity contribution is -0.142. The molecule has 0 bridgehead atoms. The maximum Gasteiger partial charge on any atom is 0.310 e. The number of esters is 1. The molecule has 0 radical (unpaired) electrons. The second-order valence-corrected chi connectivity index (χ2v) is 5.10. The van der Waals surface area contributed by atoms with Crippen molar-refractivity contribution in [1.29, 1.82) is 0 Å². The van der Waals surface area contributed by atoms with Gasteiger partial charge in [0.15, 0.2) is 0 Å². The monoisotopic (exact) mass is 278 g/mol. The third-order valence-electron chi connectivity index (χ3n) is 2.68. The molecule has 3 atom stereocenters. The molecule has 0 N–H and O–H groups in total. The largest absolute Gasteiger partial charge is 0.469 e. The zero-order chi connectivity index (χ0) is 11.9. The van der Waals surface area contributed by atoms with E-state index in [0.717, 1.165) is 5.56 Å². The lowest BCUT2D eigenvalue weighted by atomic mass is 10.1. The minimum absolute atomic E-state index is 0.0506. The SMILES string of the molecule is COC(=O)C1C(Cl)C1c1cc(Cl)cc(Cl)c1. The average molecular weight is 280 g/mol. The minimum atomic E-state index is -0.291. The summed E-state index contributed by atoms with van der Waals surface area (Å²) in [6.45, 7) is 0. The van der Waals surface area contributed by atoms with Gasteiger partial charge >= 0.3 is 5.97 Å². The molecule has 1 aliphatic carbocycles. The van der Waals surface area contributed by atoms with Crippen molar-refractivity contribution in [3.63, 3.8) is 0 Å². The summed E-state index contributed by atoms with van der Waals surface area (Å²) in [5.41, 5.74) is 0.882. The van der Waals surface area contributed by atoms with Crippen molar-refractivity contribution in [1.82, 2.24) is 0 Å². The van der Waals surface area contributed by atoms with E-state index in [9.17, 15) is 4.79 Å². The molecule has 86 valence electrons. The van der Waals surface area contributed by atoms with Gasteiger partial charge in [-0.3, -0.25) is 4.79 Å². The fraction of sp³-hybridized carbons (Fsp3) is 0.364. The fourth-order valence-electron chi connectivity index (χ4n) is 1.85. The molecular formula is C11H9Cl3O2. The quantitative estimate of drug-likeness (QED) is 0.612. The Morgan fingerprint density at radius 2 is 1.81 bits per heavy atom. The van der Waals surface area contributed by atoms with Crippen LogP contribution in [0.4, 0.5) is 0 Å². The molecular weight excluding hydrogens is 270 g/mol. The van der Waals surface area contributed by atoms with Crippen molar-refractivity contribution in [3.05, 3.63) is 33.8 Å². The number of carbonyl (C=O) groups is 1. The molecule has 1 saturated carbocycles. The molecule has 0 heterocycles. The summed E-state index contributed by atoms with van der Waals surface area (Å²) in [7, 11) is 1.35. The number of methoxy groups -OCH3 is 1. The third kappa shape index (κ3) is 2.15. The topological polar surface area (TPSA) is 26.3 Å². The van der Waals surface area contributed by atoms with Gasteiger partial charge in [0.1, 0.15) is 0 Å². The number of ether oxygens (including phenoxy) is 1. The van der Waals surface area contributed by atoms with E-state index in [4.69, 9.17) is 34.8 Å². The zero-order valence-electron chi connectivity index (χ0n) is 8.41. The zero-order valence-corrected chi connectivity index (χ0v) is 10.7. The van der Waals surface area contributed by atoms with Crippen molar-refractivity contribution < 1.29 is 9.53 Å². The Hall–Kier alpha value is -0.440. The maximum atomic E-state index is 11.4. The van der Waals surface area contributed by atoms with Gasteiger partial charge in [0.05, 0.1) is 18.4 Å². The van der Waals surface area contributed by atoms with Gasteiger partial charge < -0.3 is 4.74 Å². The summed E-state index contributed by atoms with van der Waals surface area (Å²) in [5, 5.41) is 0.853. The van der Waals surface area contributed by atoms with Crippen molar-refractivity contribution in [2.24, 2.45) is 5.92 Å². The lowest BCUT2D eigenvalue weighted by Crippen LogP contribution is -2.05. The second-order valence-electron chi connectivity index (χ2n) is 3.72. The van der Waals surface area contributed by atoms with Crippen molar-refractivity contribution in [3.8, 4) is 0 Å². The van der Waals surface area contributed by atoms with Crippen LogP contribution in [0, 0.1) is 5.92 Å².